The third kappa shape index (κ3) is 4.18. The highest BCUT2D eigenvalue weighted by molar-refractivity contribution is 5.94. The van der Waals surface area contributed by atoms with Gasteiger partial charge in [-0.1, -0.05) is 17.7 Å². The molecule has 1 unspecified atom stereocenters. The molecule has 0 aromatic heterocycles. The maximum Gasteiger partial charge on any atom is 0.265 e. The molecule has 108 valence electrons. The van der Waals surface area contributed by atoms with Crippen molar-refractivity contribution in [3.63, 3.8) is 0 Å². The molecule has 0 fully saturated rings. The number of aldehydes is 1. The van der Waals surface area contributed by atoms with Gasteiger partial charge in [-0.3, -0.25) is 9.59 Å². The number of hydrogen-bond acceptors (Lipinski definition) is 3. The SMILES string of the molecule is Cc1ccc(NC(=O)C(C)Oc2ccc(C=O)cc2)cc1. The molecule has 0 aliphatic carbocycles. The summed E-state index contributed by atoms with van der Waals surface area (Å²) >= 11 is 0. The fraction of sp³-hybridized carbons (Fsp3) is 0.176. The van der Waals surface area contributed by atoms with Crippen LogP contribution in [0.1, 0.15) is 22.8 Å². The average Bonchev–Trinajstić information content (AvgIpc) is 2.50. The molecule has 4 heteroatoms. The summed E-state index contributed by atoms with van der Waals surface area (Å²) in [5.74, 6) is 0.325. The Morgan fingerprint density at radius 2 is 1.71 bits per heavy atom. The molecule has 0 bridgehead atoms. The molecule has 0 heterocycles. The van der Waals surface area contributed by atoms with Gasteiger partial charge in [0.05, 0.1) is 0 Å². The van der Waals surface area contributed by atoms with Crippen LogP contribution in [-0.2, 0) is 4.79 Å². The second kappa shape index (κ2) is 6.70. The smallest absolute Gasteiger partial charge is 0.265 e. The predicted octanol–water partition coefficient (Wildman–Crippen LogP) is 3.21. The number of hydrogen-bond donors (Lipinski definition) is 1. The average molecular weight is 283 g/mol. The summed E-state index contributed by atoms with van der Waals surface area (Å²) in [6.07, 6.45) is 0.130. The monoisotopic (exact) mass is 283 g/mol. The molecule has 1 amide bonds. The van der Waals surface area contributed by atoms with Crippen LogP contribution >= 0.6 is 0 Å². The largest absolute Gasteiger partial charge is 0.481 e. The van der Waals surface area contributed by atoms with Crippen molar-refractivity contribution in [3.05, 3.63) is 59.7 Å². The Balaban J connectivity index is 1.95. The van der Waals surface area contributed by atoms with Crippen molar-refractivity contribution in [2.24, 2.45) is 0 Å². The number of carbonyl (C=O) groups is 2. The van der Waals surface area contributed by atoms with Gasteiger partial charge < -0.3 is 10.1 Å². The van der Waals surface area contributed by atoms with E-state index in [-0.39, 0.29) is 5.91 Å². The van der Waals surface area contributed by atoms with Gasteiger partial charge in [0.15, 0.2) is 6.10 Å². The summed E-state index contributed by atoms with van der Waals surface area (Å²) in [7, 11) is 0. The molecule has 2 rings (SSSR count). The minimum absolute atomic E-state index is 0.224. The van der Waals surface area contributed by atoms with E-state index in [0.717, 1.165) is 17.5 Å². The van der Waals surface area contributed by atoms with Crippen LogP contribution in [0.15, 0.2) is 48.5 Å². The minimum atomic E-state index is -0.631. The van der Waals surface area contributed by atoms with E-state index in [1.165, 1.54) is 0 Å². The van der Waals surface area contributed by atoms with Crippen LogP contribution in [-0.4, -0.2) is 18.3 Å². The fourth-order valence-corrected chi connectivity index (χ4v) is 1.76. The first kappa shape index (κ1) is 14.8. The van der Waals surface area contributed by atoms with Gasteiger partial charge >= 0.3 is 0 Å². The Morgan fingerprint density at radius 3 is 2.29 bits per heavy atom. The Morgan fingerprint density at radius 1 is 1.10 bits per heavy atom. The van der Waals surface area contributed by atoms with Gasteiger partial charge in [0, 0.05) is 11.3 Å². The first-order chi connectivity index (χ1) is 10.1. The molecule has 4 nitrogen and oxygen atoms in total. The summed E-state index contributed by atoms with van der Waals surface area (Å²) in [6, 6.07) is 14.2. The Bertz CT molecular complexity index is 617. The highest BCUT2D eigenvalue weighted by Gasteiger charge is 2.14. The standard InChI is InChI=1S/C17H17NO3/c1-12-3-7-15(8-4-12)18-17(20)13(2)21-16-9-5-14(11-19)6-10-16/h3-11,13H,1-2H3,(H,18,20). The molecule has 0 saturated carbocycles. The molecule has 21 heavy (non-hydrogen) atoms. The molecule has 1 atom stereocenters. The Labute approximate surface area is 123 Å². The molecule has 2 aromatic carbocycles. The number of benzene rings is 2. The van der Waals surface area contributed by atoms with Crippen LogP contribution in [0.25, 0.3) is 0 Å². The lowest BCUT2D eigenvalue weighted by molar-refractivity contribution is -0.122. The second-order valence-electron chi connectivity index (χ2n) is 4.80. The van der Waals surface area contributed by atoms with Crippen molar-refractivity contribution in [2.45, 2.75) is 20.0 Å². The highest BCUT2D eigenvalue weighted by Crippen LogP contribution is 2.14. The third-order valence-electron chi connectivity index (χ3n) is 3.02. The van der Waals surface area contributed by atoms with E-state index in [1.807, 2.05) is 31.2 Å². The first-order valence-corrected chi connectivity index (χ1v) is 6.68. The summed E-state index contributed by atoms with van der Waals surface area (Å²) in [5, 5.41) is 2.79. The van der Waals surface area contributed by atoms with E-state index in [0.29, 0.717) is 11.3 Å². The third-order valence-corrected chi connectivity index (χ3v) is 3.02. The minimum Gasteiger partial charge on any atom is -0.481 e. The lowest BCUT2D eigenvalue weighted by atomic mass is 10.2. The second-order valence-corrected chi connectivity index (χ2v) is 4.80. The van der Waals surface area contributed by atoms with E-state index in [1.54, 1.807) is 31.2 Å². The zero-order valence-corrected chi connectivity index (χ0v) is 12.0. The molecule has 0 spiro atoms. The number of ether oxygens (including phenoxy) is 1. The number of amides is 1. The molecule has 0 aliphatic heterocycles. The van der Waals surface area contributed by atoms with Gasteiger partial charge in [-0.25, -0.2) is 0 Å². The molecule has 0 aliphatic rings. The first-order valence-electron chi connectivity index (χ1n) is 6.68. The maximum absolute atomic E-state index is 12.0. The van der Waals surface area contributed by atoms with Gasteiger partial charge in [-0.15, -0.1) is 0 Å². The number of aryl methyl sites for hydroxylation is 1. The summed E-state index contributed by atoms with van der Waals surface area (Å²) in [6.45, 7) is 3.66. The lowest BCUT2D eigenvalue weighted by Gasteiger charge is -2.15. The fourth-order valence-electron chi connectivity index (χ4n) is 1.76. The quantitative estimate of drug-likeness (QED) is 0.857. The Hall–Kier alpha value is -2.62. The summed E-state index contributed by atoms with van der Waals surface area (Å²) < 4.78 is 5.54. The van der Waals surface area contributed by atoms with Gasteiger partial charge in [-0.05, 0) is 50.2 Å². The normalized spacial score (nSPS) is 11.5. The van der Waals surface area contributed by atoms with Crippen molar-refractivity contribution in [2.75, 3.05) is 5.32 Å². The predicted molar refractivity (Wildman–Crippen MR) is 81.7 cm³/mol. The van der Waals surface area contributed by atoms with Crippen molar-refractivity contribution in [1.82, 2.24) is 0 Å². The highest BCUT2D eigenvalue weighted by atomic mass is 16.5. The van der Waals surface area contributed by atoms with Crippen LogP contribution in [0.3, 0.4) is 0 Å². The summed E-state index contributed by atoms with van der Waals surface area (Å²) in [4.78, 5) is 22.6. The molecular formula is C17H17NO3. The van der Waals surface area contributed by atoms with Gasteiger partial charge in [0.2, 0.25) is 0 Å². The van der Waals surface area contributed by atoms with E-state index < -0.39 is 6.10 Å². The topological polar surface area (TPSA) is 55.4 Å². The van der Waals surface area contributed by atoms with Crippen LogP contribution < -0.4 is 10.1 Å². The van der Waals surface area contributed by atoms with E-state index in [2.05, 4.69) is 5.32 Å². The zero-order valence-electron chi connectivity index (χ0n) is 12.0. The zero-order chi connectivity index (χ0) is 15.2. The van der Waals surface area contributed by atoms with Crippen molar-refractivity contribution in [3.8, 4) is 5.75 Å². The molecule has 1 N–H and O–H groups in total. The number of rotatable bonds is 5. The van der Waals surface area contributed by atoms with E-state index in [9.17, 15) is 9.59 Å². The van der Waals surface area contributed by atoms with Crippen molar-refractivity contribution in [1.29, 1.82) is 0 Å². The number of carbonyl (C=O) groups excluding carboxylic acids is 2. The van der Waals surface area contributed by atoms with Crippen molar-refractivity contribution < 1.29 is 14.3 Å². The maximum atomic E-state index is 12.0. The van der Waals surface area contributed by atoms with Gasteiger partial charge in [0.1, 0.15) is 12.0 Å². The van der Waals surface area contributed by atoms with E-state index >= 15 is 0 Å². The van der Waals surface area contributed by atoms with Gasteiger partial charge in [0.25, 0.3) is 5.91 Å². The molecular weight excluding hydrogens is 266 g/mol. The van der Waals surface area contributed by atoms with Crippen LogP contribution in [0.2, 0.25) is 0 Å². The van der Waals surface area contributed by atoms with Gasteiger partial charge in [-0.2, -0.15) is 0 Å². The van der Waals surface area contributed by atoms with E-state index in [4.69, 9.17) is 4.74 Å². The summed E-state index contributed by atoms with van der Waals surface area (Å²) in [5.41, 5.74) is 2.43. The Kier molecular flexibility index (Phi) is 4.72. The molecule has 0 radical (unpaired) electrons. The van der Waals surface area contributed by atoms with Crippen LogP contribution in [0.4, 0.5) is 5.69 Å². The number of anilines is 1. The molecule has 0 saturated heterocycles. The van der Waals surface area contributed by atoms with Crippen LogP contribution in [0.5, 0.6) is 5.75 Å². The molecule has 2 aromatic rings. The van der Waals surface area contributed by atoms with Crippen molar-refractivity contribution >= 4 is 17.9 Å². The number of nitrogens with one attached hydrogen (secondary N) is 1. The van der Waals surface area contributed by atoms with Crippen LogP contribution in [0, 0.1) is 6.92 Å². The lowest BCUT2D eigenvalue weighted by Crippen LogP contribution is -2.30.